The summed E-state index contributed by atoms with van der Waals surface area (Å²) >= 11 is 0. The van der Waals surface area contributed by atoms with Crippen molar-refractivity contribution in [1.82, 2.24) is 5.32 Å². The number of ether oxygens (including phenoxy) is 1. The summed E-state index contributed by atoms with van der Waals surface area (Å²) in [6, 6.07) is 0.541. The van der Waals surface area contributed by atoms with Gasteiger partial charge in [0.25, 0.3) is 0 Å². The minimum atomic E-state index is 0.541. The summed E-state index contributed by atoms with van der Waals surface area (Å²) in [5.74, 6) is 0.830. The van der Waals surface area contributed by atoms with E-state index >= 15 is 0 Å². The highest BCUT2D eigenvalue weighted by Crippen LogP contribution is 2.50. The lowest BCUT2D eigenvalue weighted by atomic mass is 9.94. The SMILES string of the molecule is CCC(COC)NCC1(CC(C)C)CC1. The first kappa shape index (κ1) is 13.0. The van der Waals surface area contributed by atoms with Gasteiger partial charge >= 0.3 is 0 Å². The molecule has 90 valence electrons. The first-order valence-electron chi connectivity index (χ1n) is 6.34. The largest absolute Gasteiger partial charge is 0.383 e. The molecule has 1 aliphatic carbocycles. The van der Waals surface area contributed by atoms with Crippen LogP contribution >= 0.6 is 0 Å². The van der Waals surface area contributed by atoms with Gasteiger partial charge in [0.2, 0.25) is 0 Å². The third kappa shape index (κ3) is 4.52. The van der Waals surface area contributed by atoms with Gasteiger partial charge in [0.1, 0.15) is 0 Å². The summed E-state index contributed by atoms with van der Waals surface area (Å²) in [4.78, 5) is 0. The molecule has 0 aromatic rings. The summed E-state index contributed by atoms with van der Waals surface area (Å²) < 4.78 is 5.20. The van der Waals surface area contributed by atoms with Crippen LogP contribution in [0.15, 0.2) is 0 Å². The molecule has 0 spiro atoms. The van der Waals surface area contributed by atoms with Gasteiger partial charge in [-0.2, -0.15) is 0 Å². The van der Waals surface area contributed by atoms with Gasteiger partial charge in [0.05, 0.1) is 6.61 Å². The van der Waals surface area contributed by atoms with Gasteiger partial charge in [-0.3, -0.25) is 0 Å². The molecule has 1 aliphatic rings. The molecule has 1 N–H and O–H groups in total. The summed E-state index contributed by atoms with van der Waals surface area (Å²) in [7, 11) is 1.78. The van der Waals surface area contributed by atoms with E-state index in [-0.39, 0.29) is 0 Å². The van der Waals surface area contributed by atoms with Gasteiger partial charge in [-0.1, -0.05) is 20.8 Å². The van der Waals surface area contributed by atoms with Gasteiger partial charge < -0.3 is 10.1 Å². The Morgan fingerprint density at radius 2 is 2.00 bits per heavy atom. The zero-order valence-electron chi connectivity index (χ0n) is 10.8. The molecular weight excluding hydrogens is 186 g/mol. The molecule has 0 heterocycles. The second kappa shape index (κ2) is 5.86. The van der Waals surface area contributed by atoms with Crippen LogP contribution in [0, 0.1) is 11.3 Å². The van der Waals surface area contributed by atoms with Crippen LogP contribution in [-0.2, 0) is 4.74 Å². The molecule has 0 saturated heterocycles. The lowest BCUT2D eigenvalue weighted by molar-refractivity contribution is 0.159. The second-order valence-corrected chi connectivity index (χ2v) is 5.54. The molecule has 1 rings (SSSR count). The second-order valence-electron chi connectivity index (χ2n) is 5.54. The predicted octanol–water partition coefficient (Wildman–Crippen LogP) is 2.83. The van der Waals surface area contributed by atoms with Gasteiger partial charge in [-0.05, 0) is 37.0 Å². The summed E-state index contributed by atoms with van der Waals surface area (Å²) in [5.41, 5.74) is 0.634. The molecular formula is C13H27NO. The first-order valence-corrected chi connectivity index (χ1v) is 6.34. The molecule has 1 atom stereocenters. The average molecular weight is 213 g/mol. The standard InChI is InChI=1S/C13H27NO/c1-5-12(9-15-4)14-10-13(6-7-13)8-11(2)3/h11-12,14H,5-10H2,1-4H3. The normalized spacial score (nSPS) is 20.6. The Hall–Kier alpha value is -0.0800. The van der Waals surface area contributed by atoms with Crippen LogP contribution in [0.4, 0.5) is 0 Å². The molecule has 1 fully saturated rings. The zero-order valence-corrected chi connectivity index (χ0v) is 10.8. The maximum atomic E-state index is 5.20. The van der Waals surface area contributed by atoms with Gasteiger partial charge in [-0.15, -0.1) is 0 Å². The molecule has 0 radical (unpaired) electrons. The molecule has 0 bridgehead atoms. The van der Waals surface area contributed by atoms with Gasteiger partial charge in [0, 0.05) is 19.7 Å². The molecule has 0 aromatic carbocycles. The van der Waals surface area contributed by atoms with Crippen molar-refractivity contribution < 1.29 is 4.74 Å². The fourth-order valence-electron chi connectivity index (χ4n) is 2.38. The maximum Gasteiger partial charge on any atom is 0.0615 e. The molecule has 1 saturated carbocycles. The molecule has 15 heavy (non-hydrogen) atoms. The van der Waals surface area contributed by atoms with E-state index < -0.39 is 0 Å². The molecule has 0 aliphatic heterocycles. The monoisotopic (exact) mass is 213 g/mol. The van der Waals surface area contributed by atoms with Crippen LogP contribution in [0.5, 0.6) is 0 Å². The first-order chi connectivity index (χ1) is 7.12. The van der Waals surface area contributed by atoms with E-state index in [0.717, 1.165) is 18.9 Å². The fraction of sp³-hybridized carbons (Fsp3) is 1.00. The Kier molecular flexibility index (Phi) is 5.07. The van der Waals surface area contributed by atoms with Crippen LogP contribution in [0.25, 0.3) is 0 Å². The highest BCUT2D eigenvalue weighted by atomic mass is 16.5. The van der Waals surface area contributed by atoms with Gasteiger partial charge in [-0.25, -0.2) is 0 Å². The van der Waals surface area contributed by atoms with Crippen molar-refractivity contribution in [3.8, 4) is 0 Å². The van der Waals surface area contributed by atoms with E-state index in [0.29, 0.717) is 11.5 Å². The summed E-state index contributed by atoms with van der Waals surface area (Å²) in [6.07, 6.45) is 5.37. The number of hydrogen-bond acceptors (Lipinski definition) is 2. The minimum absolute atomic E-state index is 0.541. The number of nitrogens with one attached hydrogen (secondary N) is 1. The van der Waals surface area contributed by atoms with Crippen LogP contribution in [0.2, 0.25) is 0 Å². The van der Waals surface area contributed by atoms with E-state index in [1.165, 1.54) is 25.8 Å². The van der Waals surface area contributed by atoms with E-state index in [4.69, 9.17) is 4.74 Å². The Bertz CT molecular complexity index is 175. The van der Waals surface area contributed by atoms with Crippen LogP contribution in [0.1, 0.15) is 46.5 Å². The quantitative estimate of drug-likeness (QED) is 0.669. The Balaban J connectivity index is 2.23. The lowest BCUT2D eigenvalue weighted by Gasteiger charge is -2.22. The molecule has 2 nitrogen and oxygen atoms in total. The van der Waals surface area contributed by atoms with Crippen molar-refractivity contribution >= 4 is 0 Å². The van der Waals surface area contributed by atoms with Crippen molar-refractivity contribution in [3.05, 3.63) is 0 Å². The van der Waals surface area contributed by atoms with Crippen molar-refractivity contribution in [2.75, 3.05) is 20.3 Å². The van der Waals surface area contributed by atoms with Crippen molar-refractivity contribution in [2.24, 2.45) is 11.3 Å². The molecule has 1 unspecified atom stereocenters. The topological polar surface area (TPSA) is 21.3 Å². The average Bonchev–Trinajstić information content (AvgIpc) is 2.92. The Morgan fingerprint density at radius 1 is 1.33 bits per heavy atom. The third-order valence-corrected chi connectivity index (χ3v) is 3.42. The minimum Gasteiger partial charge on any atom is -0.383 e. The summed E-state index contributed by atoms with van der Waals surface area (Å²) in [6.45, 7) is 8.90. The van der Waals surface area contributed by atoms with E-state index in [2.05, 4.69) is 26.1 Å². The van der Waals surface area contributed by atoms with Crippen LogP contribution in [0.3, 0.4) is 0 Å². The number of hydrogen-bond donors (Lipinski definition) is 1. The van der Waals surface area contributed by atoms with Crippen LogP contribution < -0.4 is 5.32 Å². The number of rotatable bonds is 8. The fourth-order valence-corrected chi connectivity index (χ4v) is 2.38. The smallest absolute Gasteiger partial charge is 0.0615 e. The molecule has 0 amide bonds. The van der Waals surface area contributed by atoms with Crippen LogP contribution in [-0.4, -0.2) is 26.3 Å². The van der Waals surface area contributed by atoms with Crippen molar-refractivity contribution in [1.29, 1.82) is 0 Å². The number of methoxy groups -OCH3 is 1. The lowest BCUT2D eigenvalue weighted by Crippen LogP contribution is -2.37. The highest BCUT2D eigenvalue weighted by Gasteiger charge is 2.42. The van der Waals surface area contributed by atoms with Crippen molar-refractivity contribution in [3.63, 3.8) is 0 Å². The predicted molar refractivity (Wildman–Crippen MR) is 65.1 cm³/mol. The summed E-state index contributed by atoms with van der Waals surface area (Å²) in [5, 5.41) is 3.65. The third-order valence-electron chi connectivity index (χ3n) is 3.42. The highest BCUT2D eigenvalue weighted by molar-refractivity contribution is 4.95. The molecule has 0 aromatic heterocycles. The Labute approximate surface area is 94.8 Å². The van der Waals surface area contributed by atoms with E-state index in [1.807, 2.05) is 0 Å². The van der Waals surface area contributed by atoms with E-state index in [9.17, 15) is 0 Å². The Morgan fingerprint density at radius 3 is 2.40 bits per heavy atom. The van der Waals surface area contributed by atoms with Crippen molar-refractivity contribution in [2.45, 2.75) is 52.5 Å². The maximum absolute atomic E-state index is 5.20. The molecule has 2 heteroatoms. The zero-order chi connectivity index (χ0) is 11.3. The van der Waals surface area contributed by atoms with Gasteiger partial charge in [0.15, 0.2) is 0 Å². The van der Waals surface area contributed by atoms with E-state index in [1.54, 1.807) is 7.11 Å².